The van der Waals surface area contributed by atoms with Crippen molar-refractivity contribution in [1.29, 1.82) is 0 Å². The molecule has 0 unspecified atom stereocenters. The summed E-state index contributed by atoms with van der Waals surface area (Å²) in [7, 11) is 1.91. The lowest BCUT2D eigenvalue weighted by molar-refractivity contribution is 0.0367. The van der Waals surface area contributed by atoms with Gasteiger partial charge in [0.1, 0.15) is 17.3 Å². The van der Waals surface area contributed by atoms with E-state index in [1.54, 1.807) is 18.2 Å². The van der Waals surface area contributed by atoms with Crippen LogP contribution in [-0.2, 0) is 18.3 Å². The summed E-state index contributed by atoms with van der Waals surface area (Å²) in [4.78, 5) is 33.2. The fraction of sp³-hybridized carbons (Fsp3) is 0.323. The van der Waals surface area contributed by atoms with Crippen molar-refractivity contribution in [3.63, 3.8) is 0 Å². The minimum atomic E-state index is -0.950. The van der Waals surface area contributed by atoms with Crippen LogP contribution in [0.15, 0.2) is 66.7 Å². The standard InChI is InChI=1S/C28H28N4O4.C3H6O/c1-19-4-3-5-23(16-19)36-22-9-6-20(7-10-22)27(33)32-14-12-31(13-15-32)18-26-29-24-11-8-21(28(34)35)17-25(24)30(26)2;1-2-4-3-1/h3-11,16-17H,12-15,18H2,1-2H3,(H,34,35);1-3H2. The Labute approximate surface area is 233 Å². The third-order valence-electron chi connectivity index (χ3n) is 7.15. The van der Waals surface area contributed by atoms with Gasteiger partial charge in [0, 0.05) is 52.0 Å². The van der Waals surface area contributed by atoms with E-state index in [9.17, 15) is 14.7 Å². The lowest BCUT2D eigenvalue weighted by Gasteiger charge is -2.34. The van der Waals surface area contributed by atoms with E-state index >= 15 is 0 Å². The van der Waals surface area contributed by atoms with Gasteiger partial charge in [-0.2, -0.15) is 0 Å². The number of carbonyl (C=O) groups excluding carboxylic acids is 1. The van der Waals surface area contributed by atoms with Crippen LogP contribution in [0, 0.1) is 6.92 Å². The number of amides is 1. The molecule has 0 atom stereocenters. The molecule has 0 radical (unpaired) electrons. The number of rotatable bonds is 6. The van der Waals surface area contributed by atoms with Crippen LogP contribution in [0.1, 0.15) is 38.5 Å². The van der Waals surface area contributed by atoms with Crippen molar-refractivity contribution in [2.24, 2.45) is 7.05 Å². The van der Waals surface area contributed by atoms with E-state index in [0.717, 1.165) is 54.5 Å². The zero-order valence-electron chi connectivity index (χ0n) is 22.9. The highest BCUT2D eigenvalue weighted by molar-refractivity contribution is 5.94. The Morgan fingerprint density at radius 2 is 1.60 bits per heavy atom. The number of carboxylic acid groups (broad SMARTS) is 1. The van der Waals surface area contributed by atoms with Crippen molar-refractivity contribution in [2.45, 2.75) is 19.9 Å². The number of benzene rings is 3. The molecule has 3 aromatic carbocycles. The van der Waals surface area contributed by atoms with Crippen molar-refractivity contribution in [2.75, 3.05) is 39.4 Å². The van der Waals surface area contributed by atoms with Crippen molar-refractivity contribution in [1.82, 2.24) is 19.4 Å². The van der Waals surface area contributed by atoms with E-state index in [2.05, 4.69) is 9.88 Å². The van der Waals surface area contributed by atoms with Gasteiger partial charge in [0.2, 0.25) is 0 Å². The molecule has 9 nitrogen and oxygen atoms in total. The Morgan fingerprint density at radius 3 is 2.23 bits per heavy atom. The molecule has 4 aromatic rings. The number of aromatic nitrogens is 2. The molecular weight excluding hydrogens is 508 g/mol. The summed E-state index contributed by atoms with van der Waals surface area (Å²) >= 11 is 0. The number of aromatic carboxylic acids is 1. The maximum Gasteiger partial charge on any atom is 0.335 e. The van der Waals surface area contributed by atoms with Gasteiger partial charge < -0.3 is 24.0 Å². The molecule has 0 bridgehead atoms. The molecule has 1 N–H and O–H groups in total. The van der Waals surface area contributed by atoms with Crippen LogP contribution in [0.5, 0.6) is 11.5 Å². The monoisotopic (exact) mass is 542 g/mol. The largest absolute Gasteiger partial charge is 0.478 e. The number of imidazole rings is 1. The van der Waals surface area contributed by atoms with E-state index < -0.39 is 5.97 Å². The number of hydrogen-bond acceptors (Lipinski definition) is 6. The van der Waals surface area contributed by atoms with Crippen LogP contribution in [0.4, 0.5) is 0 Å². The van der Waals surface area contributed by atoms with Gasteiger partial charge in [-0.1, -0.05) is 12.1 Å². The molecule has 3 heterocycles. The second kappa shape index (κ2) is 12.3. The first kappa shape index (κ1) is 27.4. The number of piperazine rings is 1. The SMILES string of the molecule is C1COC1.Cc1cccc(Oc2ccc(C(=O)N3CCN(Cc4nc5ccc(C(=O)O)cc5n4C)CC3)cc2)c1. The van der Waals surface area contributed by atoms with Gasteiger partial charge in [0.25, 0.3) is 5.91 Å². The minimum Gasteiger partial charge on any atom is -0.478 e. The van der Waals surface area contributed by atoms with Gasteiger partial charge in [-0.15, -0.1) is 0 Å². The number of fused-ring (bicyclic) bond motifs is 1. The zero-order chi connectivity index (χ0) is 28.1. The molecule has 2 saturated heterocycles. The van der Waals surface area contributed by atoms with Gasteiger partial charge in [0.05, 0.1) is 23.1 Å². The van der Waals surface area contributed by atoms with E-state index in [1.807, 2.05) is 72.0 Å². The Bertz CT molecular complexity index is 1480. The molecule has 0 spiro atoms. The summed E-state index contributed by atoms with van der Waals surface area (Å²) in [5.74, 6) is 1.40. The van der Waals surface area contributed by atoms with Crippen LogP contribution < -0.4 is 4.74 Å². The van der Waals surface area contributed by atoms with E-state index in [-0.39, 0.29) is 11.5 Å². The normalized spacial score (nSPS) is 15.2. The van der Waals surface area contributed by atoms with Crippen LogP contribution in [0.2, 0.25) is 0 Å². The summed E-state index contributed by atoms with van der Waals surface area (Å²) in [5.41, 5.74) is 3.60. The van der Waals surface area contributed by atoms with Gasteiger partial charge in [-0.25, -0.2) is 9.78 Å². The topological polar surface area (TPSA) is 97.1 Å². The maximum absolute atomic E-state index is 13.0. The van der Waals surface area contributed by atoms with Crippen molar-refractivity contribution < 1.29 is 24.2 Å². The number of carbonyl (C=O) groups is 2. The van der Waals surface area contributed by atoms with Crippen LogP contribution >= 0.6 is 0 Å². The first-order valence-corrected chi connectivity index (χ1v) is 13.5. The summed E-state index contributed by atoms with van der Waals surface area (Å²) in [6, 6.07) is 20.1. The Kier molecular flexibility index (Phi) is 8.42. The number of ether oxygens (including phenoxy) is 2. The predicted octanol–water partition coefficient (Wildman–Crippen LogP) is 4.74. The second-order valence-corrected chi connectivity index (χ2v) is 10.1. The quantitative estimate of drug-likeness (QED) is 0.376. The maximum atomic E-state index is 13.0. The molecule has 0 saturated carbocycles. The first-order valence-electron chi connectivity index (χ1n) is 13.5. The van der Waals surface area contributed by atoms with Gasteiger partial charge in [-0.05, 0) is 73.5 Å². The average molecular weight is 543 g/mol. The molecule has 1 aromatic heterocycles. The number of nitrogens with zero attached hydrogens (tertiary/aromatic N) is 4. The molecule has 2 fully saturated rings. The van der Waals surface area contributed by atoms with Crippen molar-refractivity contribution >= 4 is 22.9 Å². The highest BCUT2D eigenvalue weighted by atomic mass is 16.5. The summed E-state index contributed by atoms with van der Waals surface area (Å²) in [5, 5.41) is 9.26. The van der Waals surface area contributed by atoms with E-state index in [4.69, 9.17) is 9.47 Å². The van der Waals surface area contributed by atoms with E-state index in [0.29, 0.717) is 30.9 Å². The van der Waals surface area contributed by atoms with Crippen molar-refractivity contribution in [3.8, 4) is 11.5 Å². The molecule has 2 aliphatic heterocycles. The number of aryl methyl sites for hydroxylation is 2. The Hall–Kier alpha value is -4.21. The lowest BCUT2D eigenvalue weighted by atomic mass is 10.1. The molecule has 6 rings (SSSR count). The fourth-order valence-corrected chi connectivity index (χ4v) is 4.63. The third-order valence-corrected chi connectivity index (χ3v) is 7.15. The van der Waals surface area contributed by atoms with E-state index in [1.165, 1.54) is 6.42 Å². The smallest absolute Gasteiger partial charge is 0.335 e. The predicted molar refractivity (Wildman–Crippen MR) is 152 cm³/mol. The summed E-state index contributed by atoms with van der Waals surface area (Å²) < 4.78 is 12.6. The molecule has 1 amide bonds. The van der Waals surface area contributed by atoms with Gasteiger partial charge in [-0.3, -0.25) is 9.69 Å². The fourth-order valence-electron chi connectivity index (χ4n) is 4.63. The molecule has 208 valence electrons. The molecule has 0 aliphatic carbocycles. The molecular formula is C31H34N4O5. The highest BCUT2D eigenvalue weighted by Crippen LogP contribution is 2.23. The number of hydrogen-bond donors (Lipinski definition) is 1. The summed E-state index contributed by atoms with van der Waals surface area (Å²) in [6.45, 7) is 7.40. The molecule has 40 heavy (non-hydrogen) atoms. The zero-order valence-corrected chi connectivity index (χ0v) is 22.9. The minimum absolute atomic E-state index is 0.0145. The van der Waals surface area contributed by atoms with Crippen LogP contribution in [-0.4, -0.2) is 75.7 Å². The Morgan fingerprint density at radius 1 is 0.925 bits per heavy atom. The highest BCUT2D eigenvalue weighted by Gasteiger charge is 2.23. The van der Waals surface area contributed by atoms with Crippen LogP contribution in [0.25, 0.3) is 11.0 Å². The summed E-state index contributed by atoms with van der Waals surface area (Å²) in [6.07, 6.45) is 1.28. The Balaban J connectivity index is 0.000000741. The van der Waals surface area contributed by atoms with Crippen molar-refractivity contribution in [3.05, 3.63) is 89.2 Å². The lowest BCUT2D eigenvalue weighted by Crippen LogP contribution is -2.48. The van der Waals surface area contributed by atoms with Gasteiger partial charge in [0.15, 0.2) is 0 Å². The first-order chi connectivity index (χ1) is 19.4. The number of carboxylic acids is 1. The average Bonchev–Trinajstić information content (AvgIpc) is 3.22. The van der Waals surface area contributed by atoms with Crippen LogP contribution in [0.3, 0.4) is 0 Å². The molecule has 9 heteroatoms. The second-order valence-electron chi connectivity index (χ2n) is 10.1. The molecule has 2 aliphatic rings. The van der Waals surface area contributed by atoms with Gasteiger partial charge >= 0.3 is 5.97 Å². The third kappa shape index (κ3) is 6.50.